The molecule has 0 N–H and O–H groups in total. The van der Waals surface area contributed by atoms with Crippen LogP contribution in [0, 0.1) is 0 Å². The highest BCUT2D eigenvalue weighted by molar-refractivity contribution is 9.09. The highest BCUT2D eigenvalue weighted by Gasteiger charge is 2.33. The van der Waals surface area contributed by atoms with Gasteiger partial charge in [0, 0.05) is 22.9 Å². The van der Waals surface area contributed by atoms with E-state index in [1.807, 2.05) is 30.3 Å². The van der Waals surface area contributed by atoms with Gasteiger partial charge in [0.05, 0.1) is 12.2 Å². The monoisotopic (exact) mass is 384 g/mol. The zero-order chi connectivity index (χ0) is 16.9. The lowest BCUT2D eigenvalue weighted by atomic mass is 9.85. The van der Waals surface area contributed by atoms with Crippen molar-refractivity contribution in [2.75, 3.05) is 11.9 Å². The molecule has 0 saturated carbocycles. The van der Waals surface area contributed by atoms with Crippen molar-refractivity contribution >= 4 is 27.5 Å². The third-order valence-corrected chi connectivity index (χ3v) is 4.48. The Balaban J connectivity index is 2.01. The molecule has 0 bridgehead atoms. The Morgan fingerprint density at radius 2 is 1.46 bits per heavy atom. The average molecular weight is 385 g/mol. The molecule has 1 aliphatic carbocycles. The van der Waals surface area contributed by atoms with Gasteiger partial charge in [-0.1, -0.05) is 70.5 Å². The Morgan fingerprint density at radius 1 is 0.833 bits per heavy atom. The molecular weight excluding hydrogens is 368 g/mol. The van der Waals surface area contributed by atoms with Gasteiger partial charge in [-0.25, -0.2) is 0 Å². The van der Waals surface area contributed by atoms with Crippen LogP contribution in [0.5, 0.6) is 0 Å². The number of alkyl halides is 1. The SMILES string of the molecule is O=C1C(Cc2ccccc2)=C(OCCCBr)C(=O)c2ccccc21. The van der Waals surface area contributed by atoms with Crippen LogP contribution < -0.4 is 0 Å². The number of hydrogen-bond acceptors (Lipinski definition) is 3. The Bertz CT molecular complexity index is 794. The molecule has 0 saturated heterocycles. The second-order valence-electron chi connectivity index (χ2n) is 5.56. The van der Waals surface area contributed by atoms with Crippen LogP contribution in [0.4, 0.5) is 0 Å². The number of carbonyl (C=O) groups is 2. The maximum absolute atomic E-state index is 12.9. The van der Waals surface area contributed by atoms with Crippen molar-refractivity contribution in [3.8, 4) is 0 Å². The number of carbonyl (C=O) groups excluding carboxylic acids is 2. The van der Waals surface area contributed by atoms with E-state index in [2.05, 4.69) is 15.9 Å². The van der Waals surface area contributed by atoms with Gasteiger partial charge in [0.1, 0.15) is 0 Å². The molecule has 0 fully saturated rings. The summed E-state index contributed by atoms with van der Waals surface area (Å²) in [5.41, 5.74) is 2.31. The Kier molecular flexibility index (Phi) is 5.26. The Hall–Kier alpha value is -2.20. The zero-order valence-corrected chi connectivity index (χ0v) is 14.7. The molecular formula is C20H17BrO3. The summed E-state index contributed by atoms with van der Waals surface area (Å²) in [6.07, 6.45) is 1.16. The van der Waals surface area contributed by atoms with Crippen LogP contribution in [0.25, 0.3) is 0 Å². The fourth-order valence-electron chi connectivity index (χ4n) is 2.75. The highest BCUT2D eigenvalue weighted by atomic mass is 79.9. The van der Waals surface area contributed by atoms with E-state index in [9.17, 15) is 9.59 Å². The first kappa shape index (κ1) is 16.7. The molecule has 0 aliphatic heterocycles. The van der Waals surface area contributed by atoms with E-state index in [4.69, 9.17) is 4.74 Å². The van der Waals surface area contributed by atoms with Gasteiger partial charge in [-0.05, 0) is 12.0 Å². The number of Topliss-reactive ketones (excluding diaryl/α,β-unsaturated/α-hetero) is 2. The molecule has 24 heavy (non-hydrogen) atoms. The highest BCUT2D eigenvalue weighted by Crippen LogP contribution is 2.29. The first-order chi connectivity index (χ1) is 11.7. The van der Waals surface area contributed by atoms with E-state index in [1.54, 1.807) is 24.3 Å². The summed E-state index contributed by atoms with van der Waals surface area (Å²) in [6, 6.07) is 16.6. The second kappa shape index (κ2) is 7.58. The second-order valence-corrected chi connectivity index (χ2v) is 6.36. The van der Waals surface area contributed by atoms with Gasteiger partial charge in [0.15, 0.2) is 11.5 Å². The Morgan fingerprint density at radius 3 is 2.12 bits per heavy atom. The number of allylic oxidation sites excluding steroid dienone is 2. The molecule has 0 unspecified atom stereocenters. The zero-order valence-electron chi connectivity index (χ0n) is 13.1. The number of hydrogen-bond donors (Lipinski definition) is 0. The fraction of sp³-hybridized carbons (Fsp3) is 0.200. The molecule has 4 heteroatoms. The van der Waals surface area contributed by atoms with Gasteiger partial charge < -0.3 is 4.74 Å². The standard InChI is InChI=1S/C20H17BrO3/c21-11-6-12-24-20-17(13-14-7-2-1-3-8-14)18(22)15-9-4-5-10-16(15)19(20)23/h1-5,7-10H,6,11-13H2. The van der Waals surface area contributed by atoms with Gasteiger partial charge in [-0.3, -0.25) is 9.59 Å². The normalized spacial score (nSPS) is 13.9. The van der Waals surface area contributed by atoms with Crippen molar-refractivity contribution < 1.29 is 14.3 Å². The first-order valence-electron chi connectivity index (χ1n) is 7.86. The number of halogens is 1. The summed E-state index contributed by atoms with van der Waals surface area (Å²) < 4.78 is 5.73. The van der Waals surface area contributed by atoms with E-state index in [-0.39, 0.29) is 17.3 Å². The first-order valence-corrected chi connectivity index (χ1v) is 8.98. The molecule has 2 aromatic rings. The van der Waals surface area contributed by atoms with Crippen LogP contribution >= 0.6 is 15.9 Å². The predicted octanol–water partition coefficient (Wildman–Crippen LogP) is 4.36. The average Bonchev–Trinajstić information content (AvgIpc) is 2.63. The van der Waals surface area contributed by atoms with Crippen LogP contribution in [-0.4, -0.2) is 23.5 Å². The largest absolute Gasteiger partial charge is 0.489 e. The van der Waals surface area contributed by atoms with E-state index >= 15 is 0 Å². The van der Waals surface area contributed by atoms with E-state index in [0.29, 0.717) is 29.7 Å². The lowest BCUT2D eigenvalue weighted by Crippen LogP contribution is -2.25. The number of rotatable bonds is 6. The van der Waals surface area contributed by atoms with Gasteiger partial charge in [-0.2, -0.15) is 0 Å². The number of ketones is 2. The van der Waals surface area contributed by atoms with Crippen LogP contribution in [0.3, 0.4) is 0 Å². The topological polar surface area (TPSA) is 43.4 Å². The Labute approximate surface area is 149 Å². The van der Waals surface area contributed by atoms with Gasteiger partial charge in [-0.15, -0.1) is 0 Å². The third kappa shape index (κ3) is 3.34. The van der Waals surface area contributed by atoms with Crippen LogP contribution in [0.15, 0.2) is 65.9 Å². The molecule has 3 nitrogen and oxygen atoms in total. The van der Waals surface area contributed by atoms with Crippen LogP contribution in [-0.2, 0) is 11.2 Å². The minimum Gasteiger partial charge on any atom is -0.489 e. The van der Waals surface area contributed by atoms with Crippen molar-refractivity contribution in [3.63, 3.8) is 0 Å². The van der Waals surface area contributed by atoms with Crippen LogP contribution in [0.1, 0.15) is 32.7 Å². The van der Waals surface area contributed by atoms with Crippen molar-refractivity contribution in [1.29, 1.82) is 0 Å². The molecule has 122 valence electrons. The van der Waals surface area contributed by atoms with Crippen molar-refractivity contribution in [3.05, 3.63) is 82.6 Å². The smallest absolute Gasteiger partial charge is 0.228 e. The molecule has 2 aromatic carbocycles. The van der Waals surface area contributed by atoms with Crippen molar-refractivity contribution in [2.45, 2.75) is 12.8 Å². The predicted molar refractivity (Wildman–Crippen MR) is 96.6 cm³/mol. The van der Waals surface area contributed by atoms with Crippen molar-refractivity contribution in [2.24, 2.45) is 0 Å². The number of fused-ring (bicyclic) bond motifs is 1. The summed E-state index contributed by atoms with van der Waals surface area (Å²) in [7, 11) is 0. The summed E-state index contributed by atoms with van der Waals surface area (Å²) in [6.45, 7) is 0.403. The van der Waals surface area contributed by atoms with E-state index in [0.717, 1.165) is 17.3 Å². The fourth-order valence-corrected chi connectivity index (χ4v) is 2.98. The molecule has 0 atom stereocenters. The molecule has 0 amide bonds. The third-order valence-electron chi connectivity index (χ3n) is 3.92. The molecule has 3 rings (SSSR count). The lowest BCUT2D eigenvalue weighted by Gasteiger charge is -2.21. The molecule has 0 radical (unpaired) electrons. The number of benzene rings is 2. The maximum Gasteiger partial charge on any atom is 0.228 e. The molecule has 1 aliphatic rings. The quantitative estimate of drug-likeness (QED) is 0.548. The van der Waals surface area contributed by atoms with Crippen molar-refractivity contribution in [1.82, 2.24) is 0 Å². The van der Waals surface area contributed by atoms with Gasteiger partial charge in [0.2, 0.25) is 5.78 Å². The minimum absolute atomic E-state index is 0.122. The van der Waals surface area contributed by atoms with Gasteiger partial charge in [0.25, 0.3) is 0 Å². The van der Waals surface area contributed by atoms with E-state index < -0.39 is 0 Å². The summed E-state index contributed by atoms with van der Waals surface area (Å²) in [5.74, 6) is -0.128. The molecule has 0 heterocycles. The van der Waals surface area contributed by atoms with Crippen LogP contribution in [0.2, 0.25) is 0 Å². The van der Waals surface area contributed by atoms with E-state index in [1.165, 1.54) is 0 Å². The summed E-state index contributed by atoms with van der Waals surface area (Å²) in [5, 5.41) is 0.785. The summed E-state index contributed by atoms with van der Waals surface area (Å²) in [4.78, 5) is 25.7. The maximum atomic E-state index is 12.9. The number of ether oxygens (including phenoxy) is 1. The molecule has 0 spiro atoms. The summed E-state index contributed by atoms with van der Waals surface area (Å²) >= 11 is 3.35. The lowest BCUT2D eigenvalue weighted by molar-refractivity contribution is 0.0870. The minimum atomic E-state index is -0.203. The van der Waals surface area contributed by atoms with Gasteiger partial charge >= 0.3 is 0 Å². The molecule has 0 aromatic heterocycles.